The number of furan rings is 1. The van der Waals surface area contributed by atoms with Crippen LogP contribution in [0.15, 0.2) is 222 Å². The van der Waals surface area contributed by atoms with E-state index in [-0.39, 0.29) is 5.84 Å². The van der Waals surface area contributed by atoms with Gasteiger partial charge in [-0.2, -0.15) is 0 Å². The van der Waals surface area contributed by atoms with Crippen molar-refractivity contribution in [3.8, 4) is 27.9 Å². The molecule has 0 spiro atoms. The third kappa shape index (κ3) is 6.20. The Labute approximate surface area is 367 Å². The number of rotatable bonds is 7. The van der Waals surface area contributed by atoms with Gasteiger partial charge in [0.15, 0.2) is 5.84 Å². The van der Waals surface area contributed by atoms with Crippen molar-refractivity contribution in [3.63, 3.8) is 0 Å². The van der Waals surface area contributed by atoms with Gasteiger partial charge in [-0.25, -0.2) is 4.99 Å². The van der Waals surface area contributed by atoms with Gasteiger partial charge >= 0.3 is 0 Å². The molecule has 296 valence electrons. The fraction of sp³-hybridized carbons (Fsp3) is 0. The van der Waals surface area contributed by atoms with E-state index in [1.54, 1.807) is 0 Å². The summed E-state index contributed by atoms with van der Waals surface area (Å²) in [4.78, 5) is 5.09. The van der Waals surface area contributed by atoms with Crippen LogP contribution in [0.2, 0.25) is 0 Å². The number of nitrogens with zero attached hydrogens (tertiary/aromatic N) is 2. The molecule has 0 amide bonds. The zero-order valence-corrected chi connectivity index (χ0v) is 34.8. The van der Waals surface area contributed by atoms with Crippen LogP contribution in [0, 0.1) is 5.41 Å². The van der Waals surface area contributed by atoms with Crippen molar-refractivity contribution in [1.29, 1.82) is 5.41 Å². The predicted octanol–water partition coefficient (Wildman–Crippen LogP) is 15.9. The molecule has 3 heterocycles. The van der Waals surface area contributed by atoms with Gasteiger partial charge in [-0.05, 0) is 65.2 Å². The Balaban J connectivity index is 1.14. The molecular formula is C58H37N3OS. The van der Waals surface area contributed by atoms with E-state index in [4.69, 9.17) is 9.41 Å². The maximum absolute atomic E-state index is 9.72. The van der Waals surface area contributed by atoms with Crippen LogP contribution in [0.4, 0.5) is 0 Å². The highest BCUT2D eigenvalue weighted by atomic mass is 32.1. The lowest BCUT2D eigenvalue weighted by atomic mass is 9.92. The third-order valence-electron chi connectivity index (χ3n) is 12.1. The summed E-state index contributed by atoms with van der Waals surface area (Å²) in [5.74, 6) is 0.180. The Hall–Kier alpha value is -8.12. The van der Waals surface area contributed by atoms with Crippen LogP contribution < -0.4 is 0 Å². The Kier molecular flexibility index (Phi) is 8.80. The quantitative estimate of drug-likeness (QED) is 0.126. The van der Waals surface area contributed by atoms with Crippen molar-refractivity contribution in [1.82, 2.24) is 4.57 Å². The highest BCUT2D eigenvalue weighted by molar-refractivity contribution is 7.27. The van der Waals surface area contributed by atoms with Gasteiger partial charge in [-0.15, -0.1) is 11.3 Å². The predicted molar refractivity (Wildman–Crippen MR) is 267 cm³/mol. The molecule has 0 atom stereocenters. The number of para-hydroxylation sites is 2. The Morgan fingerprint density at radius 2 is 1.06 bits per heavy atom. The molecule has 0 fully saturated rings. The minimum atomic E-state index is 0.180. The lowest BCUT2D eigenvalue weighted by Gasteiger charge is -2.21. The van der Waals surface area contributed by atoms with Crippen molar-refractivity contribution in [3.05, 3.63) is 229 Å². The van der Waals surface area contributed by atoms with Crippen LogP contribution in [0.25, 0.3) is 97.9 Å². The van der Waals surface area contributed by atoms with Gasteiger partial charge in [0.2, 0.25) is 0 Å². The number of benzene rings is 9. The minimum Gasteiger partial charge on any atom is -0.456 e. The Morgan fingerprint density at radius 1 is 0.492 bits per heavy atom. The molecular weight excluding hydrogens is 787 g/mol. The van der Waals surface area contributed by atoms with Crippen LogP contribution >= 0.6 is 11.3 Å². The van der Waals surface area contributed by atoms with Gasteiger partial charge in [0.05, 0.1) is 22.4 Å². The fourth-order valence-electron chi connectivity index (χ4n) is 9.21. The summed E-state index contributed by atoms with van der Waals surface area (Å²) in [6.45, 7) is 0. The number of aromatic nitrogens is 1. The summed E-state index contributed by atoms with van der Waals surface area (Å²) >= 11 is 1.86. The van der Waals surface area contributed by atoms with E-state index in [0.717, 1.165) is 72.2 Å². The lowest BCUT2D eigenvalue weighted by Crippen LogP contribution is -2.07. The van der Waals surface area contributed by atoms with Crippen LogP contribution in [-0.4, -0.2) is 16.1 Å². The van der Waals surface area contributed by atoms with E-state index in [1.807, 2.05) is 72.0 Å². The second kappa shape index (κ2) is 15.1. The first-order valence-corrected chi connectivity index (χ1v) is 21.9. The summed E-state index contributed by atoms with van der Waals surface area (Å²) in [6.07, 6.45) is 4.07. The molecule has 0 bridgehead atoms. The zero-order chi connectivity index (χ0) is 41.9. The first-order chi connectivity index (χ1) is 31.2. The number of hydrogen-bond acceptors (Lipinski definition) is 3. The molecule has 0 aliphatic carbocycles. The number of hydrogen-bond donors (Lipinski definition) is 1. The third-order valence-corrected chi connectivity index (χ3v) is 13.3. The Morgan fingerprint density at radius 3 is 1.76 bits per heavy atom. The van der Waals surface area contributed by atoms with E-state index in [0.29, 0.717) is 5.71 Å². The van der Waals surface area contributed by atoms with Crippen molar-refractivity contribution < 1.29 is 4.42 Å². The lowest BCUT2D eigenvalue weighted by molar-refractivity contribution is 0.669. The van der Waals surface area contributed by atoms with Gasteiger partial charge in [0, 0.05) is 64.0 Å². The molecule has 1 N–H and O–H groups in total. The van der Waals surface area contributed by atoms with Crippen LogP contribution in [0.1, 0.15) is 16.7 Å². The van der Waals surface area contributed by atoms with Crippen molar-refractivity contribution in [2.45, 2.75) is 0 Å². The fourth-order valence-corrected chi connectivity index (χ4v) is 10.6. The first-order valence-electron chi connectivity index (χ1n) is 21.1. The zero-order valence-electron chi connectivity index (χ0n) is 34.0. The molecule has 9 aromatic carbocycles. The van der Waals surface area contributed by atoms with Crippen LogP contribution in [0.3, 0.4) is 0 Å². The maximum Gasteiger partial charge on any atom is 0.152 e. The van der Waals surface area contributed by atoms with Crippen molar-refractivity contribution in [2.24, 2.45) is 4.99 Å². The highest BCUT2D eigenvalue weighted by Crippen LogP contribution is 2.49. The molecule has 3 aromatic heterocycles. The molecule has 12 aromatic rings. The molecule has 12 rings (SSSR count). The van der Waals surface area contributed by atoms with Gasteiger partial charge in [-0.1, -0.05) is 170 Å². The number of amidine groups is 1. The second-order valence-electron chi connectivity index (χ2n) is 15.8. The molecule has 0 unspecified atom stereocenters. The molecule has 0 radical (unpaired) electrons. The van der Waals surface area contributed by atoms with Crippen LogP contribution in [0.5, 0.6) is 0 Å². The number of nitrogens with one attached hydrogen (secondary N) is 1. The van der Waals surface area contributed by atoms with E-state index in [9.17, 15) is 5.41 Å². The largest absolute Gasteiger partial charge is 0.456 e. The SMILES string of the molecule is N=C(N=C(/C=C/c1ccccc1)c1ccccc1)c1cc(-c2ccccc2)c(-n2c3ccccc3c3c4sc5c(ccc6oc7ccccc7c65)c4ccc32)c(-c2ccccc2)c1. The topological polar surface area (TPSA) is 54.3 Å². The van der Waals surface area contributed by atoms with E-state index in [1.165, 1.54) is 36.3 Å². The molecule has 0 aliphatic heterocycles. The minimum absolute atomic E-state index is 0.180. The standard InChI is InChI=1S/C58H37N3OS/c59-58(60-48(40-23-11-4-12-24-40)32-29-37-17-5-1-6-18-37)41-35-46(38-19-7-2-8-20-38)55(47(36-41)39-21-9-3-10-22-39)61-49-27-15-13-25-44(49)53-50(61)33-30-42-43-31-34-52-54(57(43)63-56(42)53)45-26-14-16-28-51(45)62-52/h1-36,59H/b32-29+,59-58?,60-48?. The smallest absolute Gasteiger partial charge is 0.152 e. The normalized spacial score (nSPS) is 12.2. The van der Waals surface area contributed by atoms with Gasteiger partial charge in [0.25, 0.3) is 0 Å². The number of fused-ring (bicyclic) bond motifs is 11. The summed E-state index contributed by atoms with van der Waals surface area (Å²) in [7, 11) is 0. The molecule has 5 heteroatoms. The number of allylic oxidation sites excluding steroid dienone is 1. The van der Waals surface area contributed by atoms with Crippen LogP contribution in [-0.2, 0) is 0 Å². The summed E-state index contributed by atoms with van der Waals surface area (Å²) in [5, 5.41) is 16.9. The first kappa shape index (κ1) is 36.7. The number of aliphatic imine (C=N–C) groups is 1. The van der Waals surface area contributed by atoms with Crippen molar-refractivity contribution in [2.75, 3.05) is 0 Å². The average Bonchev–Trinajstić information content (AvgIpc) is 4.03. The second-order valence-corrected chi connectivity index (χ2v) is 16.8. The van der Waals surface area contributed by atoms with E-state index in [2.05, 4.69) is 162 Å². The van der Waals surface area contributed by atoms with Gasteiger partial charge in [-0.3, -0.25) is 5.41 Å². The Bertz CT molecular complexity index is 3720. The number of thiophene rings is 1. The average molecular weight is 824 g/mol. The van der Waals surface area contributed by atoms with Crippen molar-refractivity contribution >= 4 is 92.9 Å². The van der Waals surface area contributed by atoms with Gasteiger partial charge < -0.3 is 8.98 Å². The molecule has 0 saturated heterocycles. The summed E-state index contributed by atoms with van der Waals surface area (Å²) in [6, 6.07) is 71.9. The van der Waals surface area contributed by atoms with Gasteiger partial charge in [0.1, 0.15) is 11.2 Å². The van der Waals surface area contributed by atoms with E-state index < -0.39 is 0 Å². The highest BCUT2D eigenvalue weighted by Gasteiger charge is 2.24. The molecule has 0 aliphatic rings. The molecule has 4 nitrogen and oxygen atoms in total. The monoisotopic (exact) mass is 823 g/mol. The maximum atomic E-state index is 9.72. The van der Waals surface area contributed by atoms with E-state index >= 15 is 0 Å². The molecule has 0 saturated carbocycles. The summed E-state index contributed by atoms with van der Waals surface area (Å²) in [5.41, 5.74) is 12.7. The summed E-state index contributed by atoms with van der Waals surface area (Å²) < 4.78 is 11.3. The molecule has 63 heavy (non-hydrogen) atoms.